The van der Waals surface area contributed by atoms with E-state index in [1.807, 2.05) is 0 Å². The van der Waals surface area contributed by atoms with Crippen molar-refractivity contribution in [1.29, 1.82) is 0 Å². The second-order valence-electron chi connectivity index (χ2n) is 5.38. The van der Waals surface area contributed by atoms with Gasteiger partial charge in [0, 0.05) is 23.2 Å². The van der Waals surface area contributed by atoms with Crippen LogP contribution >= 0.6 is 0 Å². The van der Waals surface area contributed by atoms with Crippen LogP contribution in [0.1, 0.15) is 26.3 Å². The Bertz CT molecular complexity index is 1020. The van der Waals surface area contributed by atoms with E-state index in [0.717, 1.165) is 0 Å². The van der Waals surface area contributed by atoms with Gasteiger partial charge in [-0.25, -0.2) is 4.79 Å². The maximum atomic E-state index is 12.5. The number of carbonyl (C=O) groups is 2. The van der Waals surface area contributed by atoms with E-state index in [1.165, 1.54) is 42.7 Å². The van der Waals surface area contributed by atoms with E-state index in [1.54, 1.807) is 6.92 Å². The molecule has 1 aromatic heterocycles. The van der Waals surface area contributed by atoms with Crippen LogP contribution in [-0.2, 0) is 0 Å². The van der Waals surface area contributed by atoms with Crippen molar-refractivity contribution in [2.45, 2.75) is 6.92 Å². The largest absolute Gasteiger partial charge is 0.478 e. The molecule has 0 saturated heterocycles. The second-order valence-corrected chi connectivity index (χ2v) is 5.38. The van der Waals surface area contributed by atoms with Crippen molar-refractivity contribution in [2.24, 2.45) is 0 Å². The Hall–Kier alpha value is -3.68. The average molecular weight is 340 g/mol. The summed E-state index contributed by atoms with van der Waals surface area (Å²) >= 11 is 0. The van der Waals surface area contributed by atoms with Crippen molar-refractivity contribution in [3.63, 3.8) is 0 Å². The molecule has 0 saturated carbocycles. The van der Waals surface area contributed by atoms with Crippen molar-refractivity contribution < 1.29 is 24.0 Å². The maximum Gasteiger partial charge on any atom is 0.335 e. The van der Waals surface area contributed by atoms with Gasteiger partial charge in [-0.15, -0.1) is 0 Å². The van der Waals surface area contributed by atoms with Gasteiger partial charge in [-0.3, -0.25) is 14.9 Å². The summed E-state index contributed by atoms with van der Waals surface area (Å²) in [7, 11) is 0. The first kappa shape index (κ1) is 16.2. The number of amides is 1. The minimum Gasteiger partial charge on any atom is -0.478 e. The lowest BCUT2D eigenvalue weighted by Crippen LogP contribution is -2.12. The summed E-state index contributed by atoms with van der Waals surface area (Å²) in [5.74, 6) is -1.57. The van der Waals surface area contributed by atoms with Gasteiger partial charge in [0.1, 0.15) is 11.8 Å². The molecule has 0 aliphatic carbocycles. The second kappa shape index (κ2) is 6.08. The third-order valence-corrected chi connectivity index (χ3v) is 3.73. The lowest BCUT2D eigenvalue weighted by molar-refractivity contribution is -0.384. The van der Waals surface area contributed by atoms with Gasteiger partial charge in [-0.1, -0.05) is 0 Å². The van der Waals surface area contributed by atoms with Crippen molar-refractivity contribution in [3.05, 3.63) is 69.5 Å². The van der Waals surface area contributed by atoms with Crippen molar-refractivity contribution in [3.8, 4) is 0 Å². The number of rotatable bonds is 4. The first-order valence-electron chi connectivity index (χ1n) is 7.18. The molecular weight excluding hydrogens is 328 g/mol. The zero-order chi connectivity index (χ0) is 18.1. The van der Waals surface area contributed by atoms with Crippen molar-refractivity contribution in [2.75, 3.05) is 5.32 Å². The number of carboxylic acid groups (broad SMARTS) is 1. The first-order valence-corrected chi connectivity index (χ1v) is 7.18. The van der Waals surface area contributed by atoms with Crippen LogP contribution in [0.5, 0.6) is 0 Å². The molecule has 1 amide bonds. The fourth-order valence-electron chi connectivity index (χ4n) is 2.43. The number of non-ortho nitro benzene ring substituents is 1. The summed E-state index contributed by atoms with van der Waals surface area (Å²) in [6.45, 7) is 1.67. The molecule has 3 rings (SSSR count). The lowest BCUT2D eigenvalue weighted by Gasteiger charge is -2.08. The predicted molar refractivity (Wildman–Crippen MR) is 89.0 cm³/mol. The number of fused-ring (bicyclic) bond motifs is 1. The number of furan rings is 1. The molecule has 2 N–H and O–H groups in total. The fraction of sp³-hybridized carbons (Fsp3) is 0.0588. The molecule has 0 aliphatic rings. The highest BCUT2D eigenvalue weighted by Crippen LogP contribution is 2.27. The molecule has 0 unspecified atom stereocenters. The van der Waals surface area contributed by atoms with Gasteiger partial charge in [0.15, 0.2) is 0 Å². The summed E-state index contributed by atoms with van der Waals surface area (Å²) in [6.07, 6.45) is 1.23. The molecule has 126 valence electrons. The topological polar surface area (TPSA) is 123 Å². The molecule has 0 radical (unpaired) electrons. The van der Waals surface area contributed by atoms with Gasteiger partial charge in [-0.2, -0.15) is 0 Å². The highest BCUT2D eigenvalue weighted by atomic mass is 16.6. The summed E-state index contributed by atoms with van der Waals surface area (Å²) < 4.78 is 5.26. The number of benzene rings is 2. The van der Waals surface area contributed by atoms with Gasteiger partial charge in [0.2, 0.25) is 0 Å². The Morgan fingerprint density at radius 3 is 2.60 bits per heavy atom. The molecule has 0 bridgehead atoms. The number of nitro groups is 1. The zero-order valence-electron chi connectivity index (χ0n) is 13.0. The van der Waals surface area contributed by atoms with E-state index in [4.69, 9.17) is 9.52 Å². The van der Waals surface area contributed by atoms with Crippen LogP contribution < -0.4 is 5.32 Å². The Balaban J connectivity index is 1.94. The molecule has 3 aromatic rings. The summed E-state index contributed by atoms with van der Waals surface area (Å²) in [4.78, 5) is 33.8. The van der Waals surface area contributed by atoms with Crippen molar-refractivity contribution in [1.82, 2.24) is 0 Å². The average Bonchev–Trinajstić information content (AvgIpc) is 2.99. The third kappa shape index (κ3) is 3.05. The molecule has 25 heavy (non-hydrogen) atoms. The van der Waals surface area contributed by atoms with E-state index in [0.29, 0.717) is 22.2 Å². The molecule has 1 heterocycles. The molecule has 8 nitrogen and oxygen atoms in total. The van der Waals surface area contributed by atoms with Crippen LogP contribution in [0.15, 0.2) is 47.1 Å². The van der Waals surface area contributed by atoms with Crippen LogP contribution in [0.2, 0.25) is 0 Å². The van der Waals surface area contributed by atoms with Gasteiger partial charge in [0.05, 0.1) is 16.1 Å². The number of aromatic carboxylic acids is 1. The monoisotopic (exact) mass is 340 g/mol. The number of carboxylic acids is 1. The predicted octanol–water partition coefficient (Wildman–Crippen LogP) is 3.60. The highest BCUT2D eigenvalue weighted by molar-refractivity contribution is 6.12. The third-order valence-electron chi connectivity index (χ3n) is 3.73. The van der Waals surface area contributed by atoms with Gasteiger partial charge in [-0.05, 0) is 36.8 Å². The van der Waals surface area contributed by atoms with E-state index >= 15 is 0 Å². The highest BCUT2D eigenvalue weighted by Gasteiger charge is 2.18. The smallest absolute Gasteiger partial charge is 0.335 e. The fourth-order valence-corrected chi connectivity index (χ4v) is 2.43. The number of nitro benzene ring substituents is 1. The SMILES string of the molecule is Cc1cc(C(=O)O)ccc1NC(=O)c1coc2ccc([N+](=O)[O-])cc12. The molecule has 0 spiro atoms. The number of hydrogen-bond acceptors (Lipinski definition) is 5. The molecule has 0 aliphatic heterocycles. The minimum atomic E-state index is -1.06. The number of carbonyl (C=O) groups excluding carboxylic acids is 1. The Morgan fingerprint density at radius 1 is 1.20 bits per heavy atom. The lowest BCUT2D eigenvalue weighted by atomic mass is 10.1. The Kier molecular flexibility index (Phi) is 3.94. The Labute approximate surface area is 140 Å². The van der Waals surface area contributed by atoms with E-state index in [9.17, 15) is 19.7 Å². The normalized spacial score (nSPS) is 10.6. The van der Waals surface area contributed by atoms with Gasteiger partial charge < -0.3 is 14.8 Å². The number of hydrogen-bond donors (Lipinski definition) is 2. The number of anilines is 1. The van der Waals surface area contributed by atoms with Gasteiger partial charge in [0.25, 0.3) is 11.6 Å². The molecule has 2 aromatic carbocycles. The maximum absolute atomic E-state index is 12.5. The summed E-state index contributed by atoms with van der Waals surface area (Å²) in [5.41, 5.74) is 1.49. The van der Waals surface area contributed by atoms with Crippen LogP contribution in [0, 0.1) is 17.0 Å². The van der Waals surface area contributed by atoms with E-state index in [2.05, 4.69) is 5.32 Å². The first-order chi connectivity index (χ1) is 11.9. The van der Waals surface area contributed by atoms with Crippen LogP contribution in [-0.4, -0.2) is 21.9 Å². The minimum absolute atomic E-state index is 0.111. The molecule has 0 atom stereocenters. The molecule has 8 heteroatoms. The van der Waals surface area contributed by atoms with E-state index in [-0.39, 0.29) is 16.8 Å². The quantitative estimate of drug-likeness (QED) is 0.552. The molecule has 0 fully saturated rings. The van der Waals surface area contributed by atoms with Gasteiger partial charge >= 0.3 is 5.97 Å². The van der Waals surface area contributed by atoms with Crippen LogP contribution in [0.3, 0.4) is 0 Å². The molecular formula is C17H12N2O6. The van der Waals surface area contributed by atoms with Crippen molar-refractivity contribution >= 4 is 34.2 Å². The standard InChI is InChI=1S/C17H12N2O6/c1-9-6-10(17(21)22)2-4-14(9)18-16(20)13-8-25-15-5-3-11(19(23)24)7-12(13)15/h2-8H,1H3,(H,18,20)(H,21,22). The number of nitrogens with zero attached hydrogens (tertiary/aromatic N) is 1. The Morgan fingerprint density at radius 2 is 1.96 bits per heavy atom. The van der Waals surface area contributed by atoms with E-state index < -0.39 is 16.8 Å². The number of nitrogens with one attached hydrogen (secondary N) is 1. The number of aryl methyl sites for hydroxylation is 1. The summed E-state index contributed by atoms with van der Waals surface area (Å²) in [5, 5.41) is 22.8. The summed E-state index contributed by atoms with van der Waals surface area (Å²) in [6, 6.07) is 8.30. The van der Waals surface area contributed by atoms with Crippen LogP contribution in [0.4, 0.5) is 11.4 Å². The van der Waals surface area contributed by atoms with Crippen LogP contribution in [0.25, 0.3) is 11.0 Å². The zero-order valence-corrected chi connectivity index (χ0v) is 13.0.